The van der Waals surface area contributed by atoms with Crippen LogP contribution in [0.25, 0.3) is 0 Å². The molecule has 1 aromatic heterocycles. The third kappa shape index (κ3) is 1.49. The Kier molecular flexibility index (Phi) is 2.34. The van der Waals surface area contributed by atoms with Crippen LogP contribution >= 0.6 is 0 Å². The molecule has 0 amide bonds. The summed E-state index contributed by atoms with van der Waals surface area (Å²) >= 11 is 0. The summed E-state index contributed by atoms with van der Waals surface area (Å²) in [4.78, 5) is 17.0. The summed E-state index contributed by atoms with van der Waals surface area (Å²) in [7, 11) is 0. The third-order valence-corrected chi connectivity index (χ3v) is 3.89. The molecule has 16 heavy (non-hydrogen) atoms. The predicted octanol–water partition coefficient (Wildman–Crippen LogP) is 1.70. The number of hydrogen-bond donors (Lipinski definition) is 0. The van der Waals surface area contributed by atoms with Crippen molar-refractivity contribution in [3.63, 3.8) is 0 Å². The average Bonchev–Trinajstić information content (AvgIpc) is 2.31. The van der Waals surface area contributed by atoms with Crippen LogP contribution in [0.2, 0.25) is 0 Å². The van der Waals surface area contributed by atoms with Crippen molar-refractivity contribution < 1.29 is 0 Å². The topological polar surface area (TPSA) is 34.9 Å². The van der Waals surface area contributed by atoms with Crippen molar-refractivity contribution in [2.75, 3.05) is 0 Å². The summed E-state index contributed by atoms with van der Waals surface area (Å²) in [5.41, 5.74) is 2.35. The standard InChI is InChI=1S/C13H18N2O/c1-9-5-6-11-10(8-9)13(16)15-7-3-2-4-12(15)14-11/h9H,2-8H2,1H3. The number of aryl methyl sites for hydroxylation is 2. The van der Waals surface area contributed by atoms with Gasteiger partial charge in [0, 0.05) is 18.5 Å². The van der Waals surface area contributed by atoms with E-state index in [9.17, 15) is 4.79 Å². The highest BCUT2D eigenvalue weighted by Crippen LogP contribution is 2.23. The van der Waals surface area contributed by atoms with E-state index in [0.717, 1.165) is 49.3 Å². The number of hydrogen-bond acceptors (Lipinski definition) is 2. The van der Waals surface area contributed by atoms with Gasteiger partial charge in [-0.2, -0.15) is 0 Å². The first-order valence-electron chi connectivity index (χ1n) is 6.37. The number of fused-ring (bicyclic) bond motifs is 2. The summed E-state index contributed by atoms with van der Waals surface area (Å²) in [6.45, 7) is 3.11. The van der Waals surface area contributed by atoms with E-state index in [1.54, 1.807) is 0 Å². The highest BCUT2D eigenvalue weighted by molar-refractivity contribution is 5.23. The maximum atomic E-state index is 12.3. The van der Waals surface area contributed by atoms with Crippen LogP contribution in [0, 0.1) is 5.92 Å². The molecule has 1 atom stereocenters. The van der Waals surface area contributed by atoms with Gasteiger partial charge in [0.1, 0.15) is 5.82 Å². The van der Waals surface area contributed by atoms with Gasteiger partial charge in [-0.1, -0.05) is 6.92 Å². The Morgan fingerprint density at radius 1 is 1.31 bits per heavy atom. The summed E-state index contributed by atoms with van der Waals surface area (Å²) in [5, 5.41) is 0. The zero-order chi connectivity index (χ0) is 11.1. The molecule has 1 aliphatic heterocycles. The van der Waals surface area contributed by atoms with Crippen molar-refractivity contribution in [1.29, 1.82) is 0 Å². The van der Waals surface area contributed by atoms with E-state index < -0.39 is 0 Å². The second-order valence-electron chi connectivity index (χ2n) is 5.22. The lowest BCUT2D eigenvalue weighted by molar-refractivity contribution is 0.449. The minimum atomic E-state index is 0.256. The van der Waals surface area contributed by atoms with E-state index >= 15 is 0 Å². The summed E-state index contributed by atoms with van der Waals surface area (Å²) in [6.07, 6.45) is 6.41. The molecule has 3 nitrogen and oxygen atoms in total. The first kappa shape index (κ1) is 10.1. The smallest absolute Gasteiger partial charge is 0.256 e. The van der Waals surface area contributed by atoms with Crippen LogP contribution in [0.15, 0.2) is 4.79 Å². The zero-order valence-corrected chi connectivity index (χ0v) is 9.83. The average molecular weight is 218 g/mol. The molecule has 1 unspecified atom stereocenters. The van der Waals surface area contributed by atoms with Gasteiger partial charge in [0.15, 0.2) is 0 Å². The van der Waals surface area contributed by atoms with Crippen molar-refractivity contribution in [2.45, 2.75) is 52.0 Å². The van der Waals surface area contributed by atoms with Crippen molar-refractivity contribution in [1.82, 2.24) is 9.55 Å². The monoisotopic (exact) mass is 218 g/mol. The SMILES string of the molecule is CC1CCc2nc3n(c(=O)c2C1)CCCC3. The first-order valence-corrected chi connectivity index (χ1v) is 6.37. The quantitative estimate of drug-likeness (QED) is 0.664. The Labute approximate surface area is 95.5 Å². The Balaban J connectivity index is 2.16. The minimum absolute atomic E-state index is 0.256. The molecule has 3 rings (SSSR count). The molecule has 0 radical (unpaired) electrons. The Bertz CT molecular complexity index is 476. The molecule has 1 aliphatic carbocycles. The molecular formula is C13H18N2O. The van der Waals surface area contributed by atoms with Crippen molar-refractivity contribution in [2.24, 2.45) is 5.92 Å². The van der Waals surface area contributed by atoms with Gasteiger partial charge in [-0.15, -0.1) is 0 Å². The molecule has 86 valence electrons. The highest BCUT2D eigenvalue weighted by Gasteiger charge is 2.23. The molecule has 2 heterocycles. The number of rotatable bonds is 0. The minimum Gasteiger partial charge on any atom is -0.296 e. The van der Waals surface area contributed by atoms with Gasteiger partial charge in [-0.25, -0.2) is 4.98 Å². The molecule has 3 heteroatoms. The third-order valence-electron chi connectivity index (χ3n) is 3.89. The second-order valence-corrected chi connectivity index (χ2v) is 5.22. The van der Waals surface area contributed by atoms with Crippen LogP contribution < -0.4 is 5.56 Å². The summed E-state index contributed by atoms with van der Waals surface area (Å²) in [6, 6.07) is 0. The van der Waals surface area contributed by atoms with E-state index in [0.29, 0.717) is 5.92 Å². The normalized spacial score (nSPS) is 23.7. The van der Waals surface area contributed by atoms with Crippen LogP contribution in [-0.2, 0) is 25.8 Å². The number of aromatic nitrogens is 2. The molecule has 0 saturated heterocycles. The van der Waals surface area contributed by atoms with Crippen molar-refractivity contribution in [3.8, 4) is 0 Å². The second kappa shape index (κ2) is 3.72. The van der Waals surface area contributed by atoms with E-state index in [-0.39, 0.29) is 5.56 Å². The maximum absolute atomic E-state index is 12.3. The lowest BCUT2D eigenvalue weighted by Gasteiger charge is -2.24. The molecular weight excluding hydrogens is 200 g/mol. The van der Waals surface area contributed by atoms with Crippen LogP contribution in [0.4, 0.5) is 0 Å². The highest BCUT2D eigenvalue weighted by atomic mass is 16.1. The van der Waals surface area contributed by atoms with Gasteiger partial charge in [-0.3, -0.25) is 9.36 Å². The maximum Gasteiger partial charge on any atom is 0.256 e. The molecule has 0 N–H and O–H groups in total. The fourth-order valence-corrected chi connectivity index (χ4v) is 2.91. The van der Waals surface area contributed by atoms with Gasteiger partial charge in [0.05, 0.1) is 5.69 Å². The van der Waals surface area contributed by atoms with E-state index in [1.807, 2.05) is 4.57 Å². The molecule has 0 saturated carbocycles. The fraction of sp³-hybridized carbons (Fsp3) is 0.692. The van der Waals surface area contributed by atoms with E-state index in [4.69, 9.17) is 4.98 Å². The van der Waals surface area contributed by atoms with Crippen molar-refractivity contribution >= 4 is 0 Å². The molecule has 0 aromatic carbocycles. The van der Waals surface area contributed by atoms with E-state index in [1.165, 1.54) is 12.8 Å². The summed E-state index contributed by atoms with van der Waals surface area (Å²) in [5.74, 6) is 1.67. The first-order chi connectivity index (χ1) is 7.75. The molecule has 0 spiro atoms. The molecule has 2 aliphatic rings. The largest absolute Gasteiger partial charge is 0.296 e. The van der Waals surface area contributed by atoms with Gasteiger partial charge in [0.25, 0.3) is 5.56 Å². The lowest BCUT2D eigenvalue weighted by atomic mass is 9.88. The molecule has 1 aromatic rings. The lowest BCUT2D eigenvalue weighted by Crippen LogP contribution is -2.34. The van der Waals surface area contributed by atoms with Crippen LogP contribution in [0.1, 0.15) is 43.3 Å². The van der Waals surface area contributed by atoms with Crippen LogP contribution in [0.5, 0.6) is 0 Å². The van der Waals surface area contributed by atoms with Crippen molar-refractivity contribution in [3.05, 3.63) is 27.4 Å². The number of nitrogens with zero attached hydrogens (tertiary/aromatic N) is 2. The van der Waals surface area contributed by atoms with Gasteiger partial charge in [0.2, 0.25) is 0 Å². The summed E-state index contributed by atoms with van der Waals surface area (Å²) < 4.78 is 1.92. The Morgan fingerprint density at radius 3 is 3.06 bits per heavy atom. The molecule has 0 fully saturated rings. The molecule has 0 bridgehead atoms. The van der Waals surface area contributed by atoms with Crippen LogP contribution in [-0.4, -0.2) is 9.55 Å². The Morgan fingerprint density at radius 2 is 2.19 bits per heavy atom. The van der Waals surface area contributed by atoms with Crippen LogP contribution in [0.3, 0.4) is 0 Å². The van der Waals surface area contributed by atoms with Gasteiger partial charge in [-0.05, 0) is 38.0 Å². The van der Waals surface area contributed by atoms with E-state index in [2.05, 4.69) is 6.92 Å². The van der Waals surface area contributed by atoms with Gasteiger partial charge < -0.3 is 0 Å². The zero-order valence-electron chi connectivity index (χ0n) is 9.83. The Hall–Kier alpha value is -1.12. The predicted molar refractivity (Wildman–Crippen MR) is 62.6 cm³/mol. The fourth-order valence-electron chi connectivity index (χ4n) is 2.91. The van der Waals surface area contributed by atoms with Gasteiger partial charge >= 0.3 is 0 Å².